The predicted molar refractivity (Wildman–Crippen MR) is 60.5 cm³/mol. The molecule has 1 aromatic carbocycles. The van der Waals surface area contributed by atoms with E-state index in [4.69, 9.17) is 0 Å². The van der Waals surface area contributed by atoms with Crippen molar-refractivity contribution in [2.45, 2.75) is 0 Å². The van der Waals surface area contributed by atoms with E-state index in [1.54, 1.807) is 23.9 Å². The number of rotatable bonds is 0. The number of fused-ring (bicyclic) bond motifs is 1. The molecule has 70 valence electrons. The summed E-state index contributed by atoms with van der Waals surface area (Å²) in [5, 5.41) is 3.47. The zero-order chi connectivity index (χ0) is 9.64. The average molecular weight is 202 g/mol. The molecule has 0 aliphatic heterocycles. The van der Waals surface area contributed by atoms with Gasteiger partial charge in [-0.3, -0.25) is 0 Å². The summed E-state index contributed by atoms with van der Waals surface area (Å²) in [5.41, 5.74) is 0. The molecule has 3 aromatic rings. The molecule has 0 fully saturated rings. The van der Waals surface area contributed by atoms with Gasteiger partial charge in [0, 0.05) is 4.70 Å². The standard InChI is InChI=1S/C8H6S.C4H4O/c1-2-4-8-7(3-1)5-6-9-8;1-2-4-5-3-1/h1-6H;1-4H. The van der Waals surface area contributed by atoms with Gasteiger partial charge in [0.15, 0.2) is 0 Å². The maximum Gasteiger partial charge on any atom is 0.0902 e. The first kappa shape index (κ1) is 9.03. The van der Waals surface area contributed by atoms with Gasteiger partial charge >= 0.3 is 0 Å². The van der Waals surface area contributed by atoms with Gasteiger partial charge in [-0.05, 0) is 35.0 Å². The summed E-state index contributed by atoms with van der Waals surface area (Å²) in [6.45, 7) is 0. The molecule has 2 heteroatoms. The number of hydrogen-bond donors (Lipinski definition) is 0. The Morgan fingerprint density at radius 1 is 0.857 bits per heavy atom. The van der Waals surface area contributed by atoms with Crippen molar-refractivity contribution in [2.24, 2.45) is 0 Å². The fourth-order valence-corrected chi connectivity index (χ4v) is 1.92. The highest BCUT2D eigenvalue weighted by atomic mass is 32.1. The molecular formula is C12H10OS. The Morgan fingerprint density at radius 2 is 1.64 bits per heavy atom. The topological polar surface area (TPSA) is 13.1 Å². The van der Waals surface area contributed by atoms with Crippen LogP contribution in [0.2, 0.25) is 0 Å². The first-order valence-electron chi connectivity index (χ1n) is 4.36. The molecule has 0 radical (unpaired) electrons. The number of benzene rings is 1. The highest BCUT2D eigenvalue weighted by Gasteiger charge is 1.87. The van der Waals surface area contributed by atoms with Crippen LogP contribution in [0, 0.1) is 0 Å². The van der Waals surface area contributed by atoms with Crippen LogP contribution in [0.5, 0.6) is 0 Å². The van der Waals surface area contributed by atoms with Crippen LogP contribution >= 0.6 is 11.3 Å². The van der Waals surface area contributed by atoms with Crippen molar-refractivity contribution in [3.05, 3.63) is 60.4 Å². The number of hydrogen-bond acceptors (Lipinski definition) is 2. The van der Waals surface area contributed by atoms with Crippen molar-refractivity contribution in [3.8, 4) is 0 Å². The van der Waals surface area contributed by atoms with Crippen LogP contribution in [-0.2, 0) is 0 Å². The monoisotopic (exact) mass is 202 g/mol. The van der Waals surface area contributed by atoms with Gasteiger partial charge in [-0.2, -0.15) is 0 Å². The minimum Gasteiger partial charge on any atom is -0.473 e. The lowest BCUT2D eigenvalue weighted by Gasteiger charge is -1.82. The van der Waals surface area contributed by atoms with E-state index in [0.717, 1.165) is 0 Å². The Bertz CT molecular complexity index is 420. The second-order valence-corrected chi connectivity index (χ2v) is 3.70. The van der Waals surface area contributed by atoms with Gasteiger partial charge in [0.05, 0.1) is 12.5 Å². The highest BCUT2D eigenvalue weighted by molar-refractivity contribution is 7.17. The van der Waals surface area contributed by atoms with Gasteiger partial charge in [-0.1, -0.05) is 18.2 Å². The molecule has 0 unspecified atom stereocenters. The maximum atomic E-state index is 4.58. The van der Waals surface area contributed by atoms with Crippen LogP contribution in [0.3, 0.4) is 0 Å². The molecular weight excluding hydrogens is 192 g/mol. The molecule has 0 spiro atoms. The van der Waals surface area contributed by atoms with Gasteiger partial charge in [0.1, 0.15) is 0 Å². The van der Waals surface area contributed by atoms with Crippen molar-refractivity contribution in [1.82, 2.24) is 0 Å². The molecule has 0 saturated carbocycles. The largest absolute Gasteiger partial charge is 0.473 e. The van der Waals surface area contributed by atoms with Crippen molar-refractivity contribution < 1.29 is 4.42 Å². The van der Waals surface area contributed by atoms with Crippen LogP contribution in [0.15, 0.2) is 64.8 Å². The smallest absolute Gasteiger partial charge is 0.0902 e. The normalized spacial score (nSPS) is 9.43. The summed E-state index contributed by atoms with van der Waals surface area (Å²) >= 11 is 1.79. The van der Waals surface area contributed by atoms with Gasteiger partial charge in [0.25, 0.3) is 0 Å². The zero-order valence-corrected chi connectivity index (χ0v) is 8.41. The van der Waals surface area contributed by atoms with Crippen molar-refractivity contribution in [1.29, 1.82) is 0 Å². The van der Waals surface area contributed by atoms with E-state index < -0.39 is 0 Å². The van der Waals surface area contributed by atoms with E-state index in [2.05, 4.69) is 40.1 Å². The third-order valence-electron chi connectivity index (χ3n) is 1.79. The molecule has 0 amide bonds. The van der Waals surface area contributed by atoms with Crippen LogP contribution in [0.1, 0.15) is 0 Å². The molecule has 0 saturated heterocycles. The minimum absolute atomic E-state index is 1.35. The van der Waals surface area contributed by atoms with Crippen molar-refractivity contribution in [3.63, 3.8) is 0 Å². The molecule has 1 nitrogen and oxygen atoms in total. The third kappa shape index (κ3) is 2.24. The van der Waals surface area contributed by atoms with E-state index in [1.807, 2.05) is 12.1 Å². The van der Waals surface area contributed by atoms with Crippen LogP contribution < -0.4 is 0 Å². The summed E-state index contributed by atoms with van der Waals surface area (Å²) in [4.78, 5) is 0. The van der Waals surface area contributed by atoms with Gasteiger partial charge < -0.3 is 4.42 Å². The van der Waals surface area contributed by atoms with E-state index >= 15 is 0 Å². The summed E-state index contributed by atoms with van der Waals surface area (Å²) < 4.78 is 5.96. The SMILES string of the molecule is c1ccc2sccc2c1.c1ccoc1. The third-order valence-corrected chi connectivity index (χ3v) is 2.68. The zero-order valence-electron chi connectivity index (χ0n) is 7.59. The van der Waals surface area contributed by atoms with Crippen LogP contribution in [0.25, 0.3) is 10.1 Å². The Hall–Kier alpha value is -1.54. The second-order valence-electron chi connectivity index (χ2n) is 2.75. The predicted octanol–water partition coefficient (Wildman–Crippen LogP) is 4.18. The second kappa shape index (κ2) is 4.63. The lowest BCUT2D eigenvalue weighted by molar-refractivity contribution is 0.567. The molecule has 0 bridgehead atoms. The first-order chi connectivity index (χ1) is 6.97. The van der Waals surface area contributed by atoms with Crippen LogP contribution in [-0.4, -0.2) is 0 Å². The average Bonchev–Trinajstić information content (AvgIpc) is 2.92. The first-order valence-corrected chi connectivity index (χ1v) is 5.24. The Labute approximate surface area is 86.6 Å². The minimum atomic E-state index is 1.35. The van der Waals surface area contributed by atoms with E-state index in [9.17, 15) is 0 Å². The van der Waals surface area contributed by atoms with Crippen molar-refractivity contribution in [2.75, 3.05) is 0 Å². The molecule has 0 atom stereocenters. The van der Waals surface area contributed by atoms with E-state index in [-0.39, 0.29) is 0 Å². The molecule has 3 rings (SSSR count). The Morgan fingerprint density at radius 3 is 2.29 bits per heavy atom. The van der Waals surface area contributed by atoms with Gasteiger partial charge in [-0.15, -0.1) is 11.3 Å². The van der Waals surface area contributed by atoms with E-state index in [1.165, 1.54) is 10.1 Å². The van der Waals surface area contributed by atoms with Gasteiger partial charge in [0.2, 0.25) is 0 Å². The lowest BCUT2D eigenvalue weighted by atomic mass is 10.3. The molecule has 14 heavy (non-hydrogen) atoms. The number of thiophene rings is 1. The molecule has 2 aromatic heterocycles. The lowest BCUT2D eigenvalue weighted by Crippen LogP contribution is -1.56. The van der Waals surface area contributed by atoms with Crippen LogP contribution in [0.4, 0.5) is 0 Å². The Balaban J connectivity index is 0.000000128. The molecule has 2 heterocycles. The molecule has 0 aliphatic rings. The summed E-state index contributed by atoms with van der Waals surface area (Å²) in [7, 11) is 0. The van der Waals surface area contributed by atoms with Crippen molar-refractivity contribution >= 4 is 21.4 Å². The van der Waals surface area contributed by atoms with Gasteiger partial charge in [-0.25, -0.2) is 0 Å². The summed E-state index contributed by atoms with van der Waals surface area (Å²) in [5.74, 6) is 0. The summed E-state index contributed by atoms with van der Waals surface area (Å²) in [6, 6.07) is 14.2. The quantitative estimate of drug-likeness (QED) is 0.533. The molecule has 0 N–H and O–H groups in total. The fourth-order valence-electron chi connectivity index (χ4n) is 1.13. The highest BCUT2D eigenvalue weighted by Crippen LogP contribution is 2.18. The molecule has 0 aliphatic carbocycles. The number of furan rings is 1. The Kier molecular flexibility index (Phi) is 2.99. The van der Waals surface area contributed by atoms with E-state index in [0.29, 0.717) is 0 Å². The maximum absolute atomic E-state index is 4.58. The fraction of sp³-hybridized carbons (Fsp3) is 0. The summed E-state index contributed by atoms with van der Waals surface area (Å²) in [6.07, 6.45) is 3.25.